The minimum Gasteiger partial charge on any atom is -0.316 e. The Morgan fingerprint density at radius 2 is 1.00 bits per heavy atom. The number of nitrogens with zero attached hydrogens (tertiary/aromatic N) is 5. The first-order valence-corrected chi connectivity index (χ1v) is 22.0. The molecule has 5 nitrogen and oxygen atoms in total. The molecule has 0 aliphatic rings. The molecule has 0 saturated carbocycles. The van der Waals surface area contributed by atoms with Gasteiger partial charge in [0.05, 0.1) is 49.5 Å². The van der Waals surface area contributed by atoms with E-state index >= 15 is 0 Å². The van der Waals surface area contributed by atoms with Gasteiger partial charge < -0.3 is 4.57 Å². The van der Waals surface area contributed by atoms with Crippen molar-refractivity contribution < 1.29 is 0 Å². The lowest BCUT2D eigenvalue weighted by Crippen LogP contribution is -2.09. The Balaban J connectivity index is 1.37. The van der Waals surface area contributed by atoms with Gasteiger partial charge in [-0.2, -0.15) is 5.26 Å². The van der Waals surface area contributed by atoms with E-state index < -0.39 is 0 Å². The number of benzene rings is 8. The molecule has 0 radical (unpaired) electrons. The summed E-state index contributed by atoms with van der Waals surface area (Å²) in [6.07, 6.45) is 1.82. The van der Waals surface area contributed by atoms with Gasteiger partial charge in [0.2, 0.25) is 5.69 Å². The molecular weight excluding hydrogens is 795 g/mol. The molecule has 0 spiro atoms. The highest BCUT2D eigenvalue weighted by molar-refractivity contribution is 7.27. The molecule has 5 aromatic heterocycles. The molecule has 0 N–H and O–H groups in total. The molecular formula is C55H29N5S2. The van der Waals surface area contributed by atoms with Gasteiger partial charge in [-0.1, -0.05) is 140 Å². The monoisotopic (exact) mass is 823 g/mol. The molecule has 62 heavy (non-hydrogen) atoms. The van der Waals surface area contributed by atoms with Gasteiger partial charge in [0, 0.05) is 69.8 Å². The van der Waals surface area contributed by atoms with Gasteiger partial charge in [-0.25, -0.2) is 9.83 Å². The highest BCUT2D eigenvalue weighted by Gasteiger charge is 2.33. The van der Waals surface area contributed by atoms with Gasteiger partial charge in [-0.05, 0) is 41.5 Å². The van der Waals surface area contributed by atoms with E-state index in [1.165, 1.54) is 30.9 Å². The summed E-state index contributed by atoms with van der Waals surface area (Å²) in [7, 11) is 0. The van der Waals surface area contributed by atoms with Crippen LogP contribution in [0, 0.1) is 17.9 Å². The number of pyridine rings is 1. The molecule has 5 heterocycles. The van der Waals surface area contributed by atoms with Crippen molar-refractivity contribution in [1.82, 2.24) is 14.1 Å². The standard InChI is InChI=1S/C55H29N5S2/c1-57-48-46(32-15-4-2-5-16-32)42(31-56)49(59-43-23-11-8-19-34(43)41-22-14-30-58-55(41)59)47(33-17-6-3-7-18-33)52(48)60-50-37(26-28-39-35-20-9-12-24-44(35)61-53(39)50)38-27-29-40-36-21-10-13-25-45(36)62-54(40)51(38)60/h2-30H. The molecule has 0 atom stereocenters. The van der Waals surface area contributed by atoms with Gasteiger partial charge in [0.15, 0.2) is 0 Å². The zero-order valence-electron chi connectivity index (χ0n) is 32.8. The lowest BCUT2D eigenvalue weighted by Gasteiger charge is -2.25. The van der Waals surface area contributed by atoms with Gasteiger partial charge in [0.25, 0.3) is 0 Å². The summed E-state index contributed by atoms with van der Waals surface area (Å²) in [5.74, 6) is 0. The van der Waals surface area contributed by atoms with E-state index in [0.29, 0.717) is 22.5 Å². The van der Waals surface area contributed by atoms with Crippen molar-refractivity contribution in [2.24, 2.45) is 0 Å². The molecule has 7 heteroatoms. The number of aromatic nitrogens is 3. The summed E-state index contributed by atoms with van der Waals surface area (Å²) in [6.45, 7) is 9.32. The SMILES string of the molecule is [C-]#[N+]c1c(-c2ccccc2)c(C#N)c(-n2c3ccccc3c3cccnc32)c(-c2ccccc2)c1-n1c2c(ccc3c4ccccc4sc32)c2ccc3c4ccccc4sc3c21. The molecule has 0 amide bonds. The molecule has 0 aliphatic heterocycles. The van der Waals surface area contributed by atoms with Crippen molar-refractivity contribution in [2.75, 3.05) is 0 Å². The largest absolute Gasteiger partial charge is 0.316 e. The average molecular weight is 824 g/mol. The predicted octanol–water partition coefficient (Wildman–Crippen LogP) is 15.8. The fraction of sp³-hybridized carbons (Fsp3) is 0. The third-order valence-electron chi connectivity index (χ3n) is 12.4. The second-order valence-corrected chi connectivity index (χ2v) is 17.7. The number of fused-ring (bicyclic) bond motifs is 14. The van der Waals surface area contributed by atoms with Crippen LogP contribution in [0.15, 0.2) is 176 Å². The summed E-state index contributed by atoms with van der Waals surface area (Å²) in [4.78, 5) is 9.63. The Kier molecular flexibility index (Phi) is 7.41. The molecule has 8 aromatic carbocycles. The summed E-state index contributed by atoms with van der Waals surface area (Å²) < 4.78 is 9.29. The van der Waals surface area contributed by atoms with E-state index in [2.05, 4.69) is 129 Å². The molecule has 0 saturated heterocycles. The Labute approximate surface area is 362 Å². The fourth-order valence-corrected chi connectivity index (χ4v) is 12.4. The zero-order chi connectivity index (χ0) is 41.1. The van der Waals surface area contributed by atoms with Gasteiger partial charge in [-0.15, -0.1) is 22.7 Å². The maximum Gasteiger partial charge on any atom is 0.220 e. The van der Waals surface area contributed by atoms with Gasteiger partial charge in [0.1, 0.15) is 11.7 Å². The Hall–Kier alpha value is -8.07. The van der Waals surface area contributed by atoms with E-state index in [4.69, 9.17) is 4.98 Å². The number of para-hydroxylation sites is 1. The van der Waals surface area contributed by atoms with E-state index in [9.17, 15) is 11.8 Å². The quantitative estimate of drug-likeness (QED) is 0.166. The van der Waals surface area contributed by atoms with Crippen molar-refractivity contribution >= 4 is 112 Å². The normalized spacial score (nSPS) is 11.8. The van der Waals surface area contributed by atoms with Crippen LogP contribution in [0.25, 0.3) is 123 Å². The van der Waals surface area contributed by atoms with Crippen LogP contribution >= 0.6 is 22.7 Å². The third kappa shape index (κ3) is 4.66. The number of hydrogen-bond donors (Lipinski definition) is 0. The van der Waals surface area contributed by atoms with Crippen LogP contribution < -0.4 is 0 Å². The summed E-state index contributed by atoms with van der Waals surface area (Å²) >= 11 is 3.58. The zero-order valence-corrected chi connectivity index (χ0v) is 34.4. The van der Waals surface area contributed by atoms with Gasteiger partial charge >= 0.3 is 0 Å². The number of rotatable bonds is 4. The first kappa shape index (κ1) is 34.8. The van der Waals surface area contributed by atoms with Crippen molar-refractivity contribution in [3.8, 4) is 39.7 Å². The molecule has 13 rings (SSSR count). The van der Waals surface area contributed by atoms with E-state index in [1.807, 2.05) is 66.9 Å². The predicted molar refractivity (Wildman–Crippen MR) is 261 cm³/mol. The molecule has 0 unspecified atom stereocenters. The van der Waals surface area contributed by atoms with Gasteiger partial charge in [-0.3, -0.25) is 4.57 Å². The first-order valence-electron chi connectivity index (χ1n) is 20.4. The fourth-order valence-electron chi connectivity index (χ4n) is 9.92. The van der Waals surface area contributed by atoms with Crippen molar-refractivity contribution in [1.29, 1.82) is 5.26 Å². The van der Waals surface area contributed by atoms with E-state index in [0.717, 1.165) is 75.5 Å². The minimum absolute atomic E-state index is 0.415. The lowest BCUT2D eigenvalue weighted by atomic mass is 9.88. The highest BCUT2D eigenvalue weighted by Crippen LogP contribution is 2.54. The maximum atomic E-state index is 11.7. The lowest BCUT2D eigenvalue weighted by molar-refractivity contribution is 1.11. The Morgan fingerprint density at radius 1 is 0.484 bits per heavy atom. The molecule has 0 bridgehead atoms. The van der Waals surface area contributed by atoms with Crippen molar-refractivity contribution in [2.45, 2.75) is 0 Å². The van der Waals surface area contributed by atoms with Crippen molar-refractivity contribution in [3.05, 3.63) is 193 Å². The average Bonchev–Trinajstić information content (AvgIpc) is 4.09. The molecule has 0 aliphatic carbocycles. The minimum atomic E-state index is 0.415. The number of hydrogen-bond acceptors (Lipinski definition) is 4. The van der Waals surface area contributed by atoms with Crippen LogP contribution in [0.3, 0.4) is 0 Å². The van der Waals surface area contributed by atoms with E-state index in [1.54, 1.807) is 22.7 Å². The first-order chi connectivity index (χ1) is 30.7. The Bertz CT molecular complexity index is 3940. The van der Waals surface area contributed by atoms with Crippen LogP contribution in [-0.2, 0) is 0 Å². The second kappa shape index (κ2) is 13.2. The van der Waals surface area contributed by atoms with Crippen LogP contribution in [0.5, 0.6) is 0 Å². The second-order valence-electron chi connectivity index (χ2n) is 15.6. The summed E-state index contributed by atoms with van der Waals surface area (Å²) in [5, 5.41) is 20.7. The summed E-state index contributed by atoms with van der Waals surface area (Å²) in [6, 6.07) is 61.8. The van der Waals surface area contributed by atoms with Crippen LogP contribution in [-0.4, -0.2) is 14.1 Å². The molecule has 286 valence electrons. The van der Waals surface area contributed by atoms with E-state index in [-0.39, 0.29) is 0 Å². The topological polar surface area (TPSA) is 50.9 Å². The maximum absolute atomic E-state index is 11.7. The highest BCUT2D eigenvalue weighted by atomic mass is 32.1. The van der Waals surface area contributed by atoms with Crippen LogP contribution in [0.4, 0.5) is 5.69 Å². The molecule has 0 fully saturated rings. The van der Waals surface area contributed by atoms with Crippen molar-refractivity contribution in [3.63, 3.8) is 0 Å². The molecule has 13 aromatic rings. The van der Waals surface area contributed by atoms with Crippen LogP contribution in [0.2, 0.25) is 0 Å². The van der Waals surface area contributed by atoms with Crippen LogP contribution in [0.1, 0.15) is 5.56 Å². The summed E-state index contributed by atoms with van der Waals surface area (Å²) in [5.41, 5.74) is 9.07. The number of thiophene rings is 2. The smallest absolute Gasteiger partial charge is 0.220 e. The third-order valence-corrected chi connectivity index (χ3v) is 14.8. The Morgan fingerprint density at radius 3 is 1.60 bits per heavy atom. The number of nitriles is 1.